The summed E-state index contributed by atoms with van der Waals surface area (Å²) in [6.07, 6.45) is 3.33. The lowest BCUT2D eigenvalue weighted by Gasteiger charge is -2.14. The molecule has 0 atom stereocenters. The molecule has 13 heavy (non-hydrogen) atoms. The van der Waals surface area contributed by atoms with E-state index in [9.17, 15) is 4.79 Å². The Labute approximate surface area is 87.7 Å². The van der Waals surface area contributed by atoms with Crippen LogP contribution in [-0.4, -0.2) is 27.6 Å². The van der Waals surface area contributed by atoms with Gasteiger partial charge in [0.2, 0.25) is 5.91 Å². The Morgan fingerprint density at radius 1 is 1.85 bits per heavy atom. The number of carbonyl (C=O) groups is 1. The number of hydrogen-bond acceptors (Lipinski definition) is 3. The van der Waals surface area contributed by atoms with Gasteiger partial charge >= 0.3 is 0 Å². The molecule has 5 heteroatoms. The molecule has 0 unspecified atom stereocenters. The summed E-state index contributed by atoms with van der Waals surface area (Å²) in [7, 11) is 0. The largest absolute Gasteiger partial charge is 0.366 e. The van der Waals surface area contributed by atoms with E-state index in [-0.39, 0.29) is 5.91 Å². The standard InChI is InChI=1S/C8H12N2OS2/c1-2-5-9-8(12)13-10-6-3-4-7(10)11/h2H,1,3-6H2,(H,9,12). The minimum atomic E-state index is 0.174. The third kappa shape index (κ3) is 3.36. The van der Waals surface area contributed by atoms with Gasteiger partial charge in [0.25, 0.3) is 0 Å². The van der Waals surface area contributed by atoms with E-state index in [1.165, 1.54) is 11.9 Å². The third-order valence-electron chi connectivity index (χ3n) is 1.61. The van der Waals surface area contributed by atoms with Crippen LogP contribution in [0.4, 0.5) is 0 Å². The number of nitrogens with zero attached hydrogens (tertiary/aromatic N) is 1. The van der Waals surface area contributed by atoms with Crippen molar-refractivity contribution in [2.24, 2.45) is 0 Å². The van der Waals surface area contributed by atoms with E-state index < -0.39 is 0 Å². The van der Waals surface area contributed by atoms with Gasteiger partial charge in [-0.15, -0.1) is 6.58 Å². The summed E-state index contributed by atoms with van der Waals surface area (Å²) in [5.74, 6) is 0.174. The second-order valence-corrected chi connectivity index (χ2v) is 4.35. The first-order chi connectivity index (χ1) is 6.24. The Kier molecular flexibility index (Phi) is 4.24. The lowest BCUT2D eigenvalue weighted by Crippen LogP contribution is -2.25. The Morgan fingerprint density at radius 2 is 2.62 bits per heavy atom. The first-order valence-electron chi connectivity index (χ1n) is 4.11. The van der Waals surface area contributed by atoms with Gasteiger partial charge in [0.15, 0.2) is 4.32 Å². The lowest BCUT2D eigenvalue weighted by atomic mass is 10.4. The molecule has 0 radical (unpaired) electrons. The molecule has 1 saturated heterocycles. The van der Waals surface area contributed by atoms with Crippen LogP contribution < -0.4 is 5.32 Å². The summed E-state index contributed by atoms with van der Waals surface area (Å²) in [6, 6.07) is 0. The highest BCUT2D eigenvalue weighted by atomic mass is 32.2. The molecule has 72 valence electrons. The predicted molar refractivity (Wildman–Crippen MR) is 59.3 cm³/mol. The van der Waals surface area contributed by atoms with Crippen LogP contribution in [0.5, 0.6) is 0 Å². The smallest absolute Gasteiger partial charge is 0.232 e. The molecular weight excluding hydrogens is 204 g/mol. The molecule has 0 saturated carbocycles. The molecule has 0 aromatic rings. The predicted octanol–water partition coefficient (Wildman–Crippen LogP) is 1.32. The third-order valence-corrected chi connectivity index (χ3v) is 2.90. The van der Waals surface area contributed by atoms with Gasteiger partial charge in [-0.25, -0.2) is 0 Å². The van der Waals surface area contributed by atoms with Crippen molar-refractivity contribution in [3.63, 3.8) is 0 Å². The van der Waals surface area contributed by atoms with Crippen molar-refractivity contribution >= 4 is 34.4 Å². The highest BCUT2D eigenvalue weighted by Crippen LogP contribution is 2.20. The molecule has 0 aromatic carbocycles. The van der Waals surface area contributed by atoms with Crippen molar-refractivity contribution in [3.05, 3.63) is 12.7 Å². The highest BCUT2D eigenvalue weighted by Gasteiger charge is 2.21. The maximum atomic E-state index is 11.2. The summed E-state index contributed by atoms with van der Waals surface area (Å²) in [5, 5.41) is 2.96. The average Bonchev–Trinajstić information content (AvgIpc) is 2.48. The molecule has 1 rings (SSSR count). The molecule has 1 heterocycles. The van der Waals surface area contributed by atoms with Gasteiger partial charge in [-0.2, -0.15) is 0 Å². The van der Waals surface area contributed by atoms with Crippen LogP contribution in [0.25, 0.3) is 0 Å². The van der Waals surface area contributed by atoms with Gasteiger partial charge in [0.1, 0.15) is 0 Å². The number of rotatable bonds is 3. The molecule has 0 bridgehead atoms. The lowest BCUT2D eigenvalue weighted by molar-refractivity contribution is -0.123. The van der Waals surface area contributed by atoms with Crippen molar-refractivity contribution in [2.75, 3.05) is 13.1 Å². The molecule has 1 aliphatic heterocycles. The summed E-state index contributed by atoms with van der Waals surface area (Å²) < 4.78 is 2.34. The molecule has 0 aliphatic carbocycles. The fourth-order valence-corrected chi connectivity index (χ4v) is 2.12. The Bertz CT molecular complexity index is 230. The molecular formula is C8H12N2OS2. The van der Waals surface area contributed by atoms with E-state index in [1.807, 2.05) is 0 Å². The number of nitrogens with one attached hydrogen (secondary N) is 1. The van der Waals surface area contributed by atoms with E-state index in [4.69, 9.17) is 12.2 Å². The van der Waals surface area contributed by atoms with Crippen LogP contribution in [0.15, 0.2) is 12.7 Å². The highest BCUT2D eigenvalue weighted by molar-refractivity contribution is 8.21. The minimum absolute atomic E-state index is 0.174. The van der Waals surface area contributed by atoms with Gasteiger partial charge in [-0.05, 0) is 6.42 Å². The summed E-state index contributed by atoms with van der Waals surface area (Å²) in [4.78, 5) is 11.2. The van der Waals surface area contributed by atoms with Gasteiger partial charge in [0, 0.05) is 31.5 Å². The van der Waals surface area contributed by atoms with Crippen molar-refractivity contribution in [1.29, 1.82) is 0 Å². The van der Waals surface area contributed by atoms with Crippen LogP contribution in [0, 0.1) is 0 Å². The first-order valence-corrected chi connectivity index (χ1v) is 5.29. The van der Waals surface area contributed by atoms with Gasteiger partial charge < -0.3 is 5.32 Å². The quantitative estimate of drug-likeness (QED) is 0.438. The zero-order valence-corrected chi connectivity index (χ0v) is 8.92. The zero-order valence-electron chi connectivity index (χ0n) is 7.28. The van der Waals surface area contributed by atoms with Crippen LogP contribution in [0.1, 0.15) is 12.8 Å². The topological polar surface area (TPSA) is 32.3 Å². The monoisotopic (exact) mass is 216 g/mol. The SMILES string of the molecule is C=CCNC(=S)SN1CCCC1=O. The van der Waals surface area contributed by atoms with Crippen LogP contribution >= 0.6 is 24.2 Å². The summed E-state index contributed by atoms with van der Waals surface area (Å²) >= 11 is 6.33. The Balaban J connectivity index is 2.26. The number of hydrogen-bond donors (Lipinski definition) is 1. The zero-order chi connectivity index (χ0) is 9.68. The molecule has 1 amide bonds. The van der Waals surface area contributed by atoms with E-state index in [2.05, 4.69) is 11.9 Å². The maximum Gasteiger partial charge on any atom is 0.232 e. The summed E-state index contributed by atoms with van der Waals surface area (Å²) in [5.41, 5.74) is 0. The van der Waals surface area contributed by atoms with Gasteiger partial charge in [-0.3, -0.25) is 9.10 Å². The van der Waals surface area contributed by atoms with Crippen molar-refractivity contribution in [1.82, 2.24) is 9.62 Å². The maximum absolute atomic E-state index is 11.2. The number of amides is 1. The van der Waals surface area contributed by atoms with E-state index >= 15 is 0 Å². The van der Waals surface area contributed by atoms with Crippen molar-refractivity contribution in [3.8, 4) is 0 Å². The second-order valence-electron chi connectivity index (χ2n) is 2.65. The van der Waals surface area contributed by atoms with Crippen LogP contribution in [0.3, 0.4) is 0 Å². The normalized spacial score (nSPS) is 16.0. The van der Waals surface area contributed by atoms with E-state index in [1.54, 1.807) is 10.4 Å². The number of thiocarbonyl (C=S) groups is 1. The Morgan fingerprint density at radius 3 is 3.15 bits per heavy atom. The van der Waals surface area contributed by atoms with Crippen LogP contribution in [0.2, 0.25) is 0 Å². The molecule has 1 fully saturated rings. The Hall–Kier alpha value is -0.550. The molecule has 3 nitrogen and oxygen atoms in total. The minimum Gasteiger partial charge on any atom is -0.366 e. The van der Waals surface area contributed by atoms with Crippen molar-refractivity contribution in [2.45, 2.75) is 12.8 Å². The molecule has 0 spiro atoms. The van der Waals surface area contributed by atoms with E-state index in [0.717, 1.165) is 13.0 Å². The fourth-order valence-electron chi connectivity index (χ4n) is 1.01. The first kappa shape index (κ1) is 10.5. The van der Waals surface area contributed by atoms with Gasteiger partial charge in [-0.1, -0.05) is 18.3 Å². The van der Waals surface area contributed by atoms with Crippen LogP contribution in [-0.2, 0) is 4.79 Å². The van der Waals surface area contributed by atoms with Crippen molar-refractivity contribution < 1.29 is 4.79 Å². The molecule has 0 aromatic heterocycles. The van der Waals surface area contributed by atoms with E-state index in [0.29, 0.717) is 17.3 Å². The van der Waals surface area contributed by atoms with Gasteiger partial charge in [0.05, 0.1) is 0 Å². The number of carbonyl (C=O) groups excluding carboxylic acids is 1. The second kappa shape index (κ2) is 5.24. The average molecular weight is 216 g/mol. The molecule has 1 N–H and O–H groups in total. The summed E-state index contributed by atoms with van der Waals surface area (Å²) in [6.45, 7) is 5.02. The molecule has 1 aliphatic rings. The fraction of sp³-hybridized carbons (Fsp3) is 0.500.